The third kappa shape index (κ3) is 6.87. The van der Waals surface area contributed by atoms with Gasteiger partial charge < -0.3 is 9.80 Å². The van der Waals surface area contributed by atoms with Gasteiger partial charge in [0.15, 0.2) is 0 Å². The largest absolute Gasteiger partial charge is 0.310 e. The van der Waals surface area contributed by atoms with Crippen LogP contribution in [-0.2, 0) is 16.2 Å². The Kier molecular flexibility index (Phi) is 10.3. The van der Waals surface area contributed by atoms with Gasteiger partial charge >= 0.3 is 0 Å². The molecular weight excluding hydrogens is 977 g/mol. The van der Waals surface area contributed by atoms with Crippen molar-refractivity contribution in [3.63, 3.8) is 0 Å². The van der Waals surface area contributed by atoms with Gasteiger partial charge in [-0.15, -0.1) is 0 Å². The number of nitrogens with zero attached hydrogens (tertiary/aromatic N) is 2. The summed E-state index contributed by atoms with van der Waals surface area (Å²) in [5.41, 5.74) is 31.8. The van der Waals surface area contributed by atoms with E-state index in [1.807, 2.05) is 0 Å². The lowest BCUT2D eigenvalue weighted by molar-refractivity contribution is 0.660. The quantitative estimate of drug-likeness (QED) is 0.150. The van der Waals surface area contributed by atoms with Crippen LogP contribution in [0.25, 0.3) is 66.8 Å². The second-order valence-electron chi connectivity index (χ2n) is 23.6. The van der Waals surface area contributed by atoms with Crippen LogP contribution >= 0.6 is 0 Å². The van der Waals surface area contributed by atoms with Gasteiger partial charge in [0, 0.05) is 45.0 Å². The molecule has 0 saturated heterocycles. The number of fused-ring (bicyclic) bond motifs is 16. The average Bonchev–Trinajstić information content (AvgIpc) is 3.51. The molecule has 0 bridgehead atoms. The fourth-order valence-corrected chi connectivity index (χ4v) is 14.8. The Balaban J connectivity index is 0.860. The van der Waals surface area contributed by atoms with Crippen molar-refractivity contribution in [1.82, 2.24) is 0 Å². The van der Waals surface area contributed by atoms with E-state index in [-0.39, 0.29) is 10.8 Å². The standard InChI is InChI=1S/C79H58N2/c1-77(2)69-27-15-11-23-61(69)65-43-39-59(49-75(65)77)80(55-35-31-53(32-36-55)51-19-7-5-8-20-51)57-41-45-73-67(47-57)63-25-13-17-29-71(63)79(73)72-30-18-14-26-64(72)68-48-58(42-46-74(68)79)81(56-37-33-54(34-38-56)52-21-9-6-10-22-52)60-40-44-66-62-24-12-16-28-70(62)78(3,4)76(66)50-60/h5-50H,1-4H3. The topological polar surface area (TPSA) is 6.48 Å². The first-order chi connectivity index (χ1) is 39.7. The fourth-order valence-electron chi connectivity index (χ4n) is 14.8. The number of hydrogen-bond acceptors (Lipinski definition) is 2. The Morgan fingerprint density at radius 1 is 0.198 bits per heavy atom. The summed E-state index contributed by atoms with van der Waals surface area (Å²) < 4.78 is 0. The molecule has 1 spiro atoms. The first kappa shape index (κ1) is 47.3. The molecule has 0 heterocycles. The van der Waals surface area contributed by atoms with Crippen molar-refractivity contribution in [2.75, 3.05) is 9.80 Å². The molecule has 384 valence electrons. The lowest BCUT2D eigenvalue weighted by atomic mass is 9.70. The van der Waals surface area contributed by atoms with Crippen molar-refractivity contribution in [3.8, 4) is 66.8 Å². The predicted octanol–water partition coefficient (Wildman–Crippen LogP) is 20.9. The molecule has 4 aliphatic rings. The minimum absolute atomic E-state index is 0.147. The summed E-state index contributed by atoms with van der Waals surface area (Å²) in [4.78, 5) is 4.95. The first-order valence-corrected chi connectivity index (χ1v) is 28.6. The lowest BCUT2D eigenvalue weighted by Crippen LogP contribution is -2.26. The summed E-state index contributed by atoms with van der Waals surface area (Å²) >= 11 is 0. The van der Waals surface area contributed by atoms with Gasteiger partial charge in [0.1, 0.15) is 0 Å². The van der Waals surface area contributed by atoms with Crippen molar-refractivity contribution in [1.29, 1.82) is 0 Å². The number of benzene rings is 12. The Morgan fingerprint density at radius 2 is 0.469 bits per heavy atom. The monoisotopic (exact) mass is 1030 g/mol. The minimum Gasteiger partial charge on any atom is -0.310 e. The van der Waals surface area contributed by atoms with Gasteiger partial charge in [-0.05, 0) is 184 Å². The summed E-state index contributed by atoms with van der Waals surface area (Å²) in [6.45, 7) is 9.50. The summed E-state index contributed by atoms with van der Waals surface area (Å²) in [6.07, 6.45) is 0. The van der Waals surface area contributed by atoms with Crippen LogP contribution in [0, 0.1) is 0 Å². The molecule has 12 aromatic rings. The van der Waals surface area contributed by atoms with Gasteiger partial charge in [-0.25, -0.2) is 0 Å². The maximum Gasteiger partial charge on any atom is 0.0725 e. The fraction of sp³-hybridized carbons (Fsp3) is 0.0886. The molecular formula is C79H58N2. The van der Waals surface area contributed by atoms with Crippen LogP contribution < -0.4 is 9.80 Å². The number of anilines is 6. The van der Waals surface area contributed by atoms with E-state index in [1.54, 1.807) is 0 Å². The van der Waals surface area contributed by atoms with E-state index in [4.69, 9.17) is 0 Å². The lowest BCUT2D eigenvalue weighted by Gasteiger charge is -2.32. The second-order valence-corrected chi connectivity index (χ2v) is 23.6. The summed E-state index contributed by atoms with van der Waals surface area (Å²) in [5, 5.41) is 0. The zero-order valence-corrected chi connectivity index (χ0v) is 46.0. The highest BCUT2D eigenvalue weighted by molar-refractivity contribution is 5.99. The highest BCUT2D eigenvalue weighted by Crippen LogP contribution is 2.64. The van der Waals surface area contributed by atoms with E-state index >= 15 is 0 Å². The van der Waals surface area contributed by atoms with Crippen LogP contribution in [0.2, 0.25) is 0 Å². The SMILES string of the molecule is CC1(C)c2ccccc2-c2ccc(N(c3ccc(-c4ccccc4)cc3)c3ccc4c(c3)-c3ccccc3C43c4ccccc4-c4cc(N(c5ccc(-c6ccccc6)cc5)c5ccc6c(c5)C(C)(C)c5ccccc5-6)ccc43)cc21. The Bertz CT molecular complexity index is 4220. The number of rotatable bonds is 8. The highest BCUT2D eigenvalue weighted by atomic mass is 15.1. The summed E-state index contributed by atoms with van der Waals surface area (Å²) in [6, 6.07) is 105. The highest BCUT2D eigenvalue weighted by Gasteiger charge is 2.52. The van der Waals surface area contributed by atoms with Gasteiger partial charge in [0.25, 0.3) is 0 Å². The van der Waals surface area contributed by atoms with Gasteiger partial charge in [0.2, 0.25) is 0 Å². The predicted molar refractivity (Wildman–Crippen MR) is 338 cm³/mol. The summed E-state index contributed by atoms with van der Waals surface area (Å²) in [5.74, 6) is 0. The molecule has 0 unspecified atom stereocenters. The maximum absolute atomic E-state index is 2.48. The molecule has 0 radical (unpaired) electrons. The van der Waals surface area contributed by atoms with E-state index in [9.17, 15) is 0 Å². The molecule has 2 nitrogen and oxygen atoms in total. The Labute approximate surface area is 475 Å². The van der Waals surface area contributed by atoms with Gasteiger partial charge in [0.05, 0.1) is 5.41 Å². The molecule has 0 N–H and O–H groups in total. The van der Waals surface area contributed by atoms with Crippen molar-refractivity contribution >= 4 is 34.1 Å². The van der Waals surface area contributed by atoms with Crippen LogP contribution in [0.4, 0.5) is 34.1 Å². The molecule has 0 aromatic heterocycles. The average molecular weight is 1040 g/mol. The van der Waals surface area contributed by atoms with Crippen LogP contribution in [0.15, 0.2) is 279 Å². The third-order valence-corrected chi connectivity index (χ3v) is 18.7. The zero-order chi connectivity index (χ0) is 54.2. The zero-order valence-electron chi connectivity index (χ0n) is 46.0. The minimum atomic E-state index is -0.536. The number of hydrogen-bond donors (Lipinski definition) is 0. The molecule has 0 atom stereocenters. The van der Waals surface area contributed by atoms with Crippen LogP contribution in [-0.4, -0.2) is 0 Å². The molecule has 81 heavy (non-hydrogen) atoms. The van der Waals surface area contributed by atoms with Crippen molar-refractivity contribution < 1.29 is 0 Å². The Hall–Kier alpha value is -9.76. The molecule has 2 heteroatoms. The second kappa shape index (κ2) is 17.6. The first-order valence-electron chi connectivity index (χ1n) is 28.6. The third-order valence-electron chi connectivity index (χ3n) is 18.7. The van der Waals surface area contributed by atoms with Gasteiger partial charge in [-0.3, -0.25) is 0 Å². The molecule has 0 fully saturated rings. The van der Waals surface area contributed by atoms with Gasteiger partial charge in [-0.2, -0.15) is 0 Å². The molecule has 0 aliphatic heterocycles. The van der Waals surface area contributed by atoms with E-state index in [0.717, 1.165) is 34.1 Å². The van der Waals surface area contributed by atoms with Crippen LogP contribution in [0.5, 0.6) is 0 Å². The molecule has 12 aromatic carbocycles. The Morgan fingerprint density at radius 3 is 0.864 bits per heavy atom. The van der Waals surface area contributed by atoms with E-state index in [1.165, 1.54) is 111 Å². The molecule has 16 rings (SSSR count). The van der Waals surface area contributed by atoms with Crippen molar-refractivity contribution in [3.05, 3.63) is 324 Å². The maximum atomic E-state index is 2.48. The van der Waals surface area contributed by atoms with Crippen molar-refractivity contribution in [2.45, 2.75) is 43.9 Å². The van der Waals surface area contributed by atoms with E-state index in [0.29, 0.717) is 0 Å². The van der Waals surface area contributed by atoms with Gasteiger partial charge in [-0.1, -0.05) is 234 Å². The van der Waals surface area contributed by atoms with E-state index in [2.05, 4.69) is 317 Å². The normalized spacial score (nSPS) is 14.5. The van der Waals surface area contributed by atoms with E-state index < -0.39 is 5.41 Å². The molecule has 4 aliphatic carbocycles. The van der Waals surface area contributed by atoms with Crippen LogP contribution in [0.3, 0.4) is 0 Å². The van der Waals surface area contributed by atoms with Crippen molar-refractivity contribution in [2.24, 2.45) is 0 Å². The van der Waals surface area contributed by atoms with Crippen LogP contribution in [0.1, 0.15) is 72.2 Å². The molecule has 0 amide bonds. The smallest absolute Gasteiger partial charge is 0.0725 e. The molecule has 0 saturated carbocycles. The summed E-state index contributed by atoms with van der Waals surface area (Å²) in [7, 11) is 0.